The molecule has 27 heavy (non-hydrogen) atoms. The van der Waals surface area contributed by atoms with Crippen LogP contribution in [-0.2, 0) is 0 Å². The quantitative estimate of drug-likeness (QED) is 0.450. The van der Waals surface area contributed by atoms with Crippen LogP contribution < -0.4 is 10.2 Å². The third-order valence-electron chi connectivity index (χ3n) is 5.45. The minimum atomic E-state index is 1.02. The molecule has 3 aromatic carbocycles. The van der Waals surface area contributed by atoms with E-state index in [2.05, 4.69) is 70.9 Å². The van der Waals surface area contributed by atoms with Gasteiger partial charge in [0.15, 0.2) is 0 Å². The normalized spacial score (nSPS) is 14.6. The lowest BCUT2D eigenvalue weighted by atomic mass is 10.1. The molecule has 4 aromatic rings. The molecule has 2 heterocycles. The third kappa shape index (κ3) is 3.10. The SMILES string of the molecule is c1ccc2c(Nc3ccc(N4CCCCC4)cc3)c3ccccc3nc2c1. The van der Waals surface area contributed by atoms with Gasteiger partial charge in [-0.15, -0.1) is 0 Å². The topological polar surface area (TPSA) is 28.2 Å². The second-order valence-corrected chi connectivity index (χ2v) is 7.24. The maximum absolute atomic E-state index is 4.81. The summed E-state index contributed by atoms with van der Waals surface area (Å²) in [5.41, 5.74) is 5.59. The van der Waals surface area contributed by atoms with Crippen LogP contribution in [0.4, 0.5) is 17.1 Å². The summed E-state index contributed by atoms with van der Waals surface area (Å²) < 4.78 is 0. The third-order valence-corrected chi connectivity index (χ3v) is 5.45. The number of piperidine rings is 1. The Morgan fingerprint density at radius 2 is 1.26 bits per heavy atom. The van der Waals surface area contributed by atoms with Crippen molar-refractivity contribution < 1.29 is 0 Å². The van der Waals surface area contributed by atoms with Gasteiger partial charge >= 0.3 is 0 Å². The van der Waals surface area contributed by atoms with Crippen LogP contribution in [0.5, 0.6) is 0 Å². The van der Waals surface area contributed by atoms with Crippen LogP contribution in [0.25, 0.3) is 21.8 Å². The molecule has 0 bridgehead atoms. The van der Waals surface area contributed by atoms with Crippen molar-refractivity contribution in [3.8, 4) is 0 Å². The van der Waals surface area contributed by atoms with Gasteiger partial charge in [0, 0.05) is 35.2 Å². The van der Waals surface area contributed by atoms with E-state index in [1.807, 2.05) is 12.1 Å². The molecule has 0 unspecified atom stereocenters. The van der Waals surface area contributed by atoms with Crippen molar-refractivity contribution in [2.45, 2.75) is 19.3 Å². The fourth-order valence-electron chi connectivity index (χ4n) is 4.03. The summed E-state index contributed by atoms with van der Waals surface area (Å²) in [4.78, 5) is 7.30. The lowest BCUT2D eigenvalue weighted by Crippen LogP contribution is -2.29. The predicted octanol–water partition coefficient (Wildman–Crippen LogP) is 6.12. The van der Waals surface area contributed by atoms with E-state index in [0.717, 1.165) is 33.2 Å². The number of fused-ring (bicyclic) bond motifs is 2. The molecule has 1 aliphatic rings. The summed E-state index contributed by atoms with van der Waals surface area (Å²) in [6, 6.07) is 25.5. The first-order valence-corrected chi connectivity index (χ1v) is 9.78. The zero-order valence-corrected chi connectivity index (χ0v) is 15.4. The Labute approximate surface area is 159 Å². The highest BCUT2D eigenvalue weighted by Gasteiger charge is 2.12. The van der Waals surface area contributed by atoms with Gasteiger partial charge in [-0.1, -0.05) is 36.4 Å². The molecule has 0 atom stereocenters. The minimum Gasteiger partial charge on any atom is -0.372 e. The Morgan fingerprint density at radius 3 is 1.89 bits per heavy atom. The van der Waals surface area contributed by atoms with Crippen LogP contribution in [0.2, 0.25) is 0 Å². The van der Waals surface area contributed by atoms with Gasteiger partial charge in [-0.2, -0.15) is 0 Å². The molecule has 1 N–H and O–H groups in total. The number of hydrogen-bond donors (Lipinski definition) is 1. The van der Waals surface area contributed by atoms with Crippen molar-refractivity contribution in [3.63, 3.8) is 0 Å². The number of pyridine rings is 1. The molecule has 3 nitrogen and oxygen atoms in total. The fourth-order valence-corrected chi connectivity index (χ4v) is 4.03. The molecule has 0 spiro atoms. The highest BCUT2D eigenvalue weighted by molar-refractivity contribution is 6.08. The highest BCUT2D eigenvalue weighted by Crippen LogP contribution is 2.33. The van der Waals surface area contributed by atoms with Crippen molar-refractivity contribution in [3.05, 3.63) is 72.8 Å². The molecular weight excluding hydrogens is 330 g/mol. The lowest BCUT2D eigenvalue weighted by Gasteiger charge is -2.29. The van der Waals surface area contributed by atoms with E-state index in [4.69, 9.17) is 4.98 Å². The largest absolute Gasteiger partial charge is 0.372 e. The Kier molecular flexibility index (Phi) is 4.13. The van der Waals surface area contributed by atoms with E-state index in [1.54, 1.807) is 0 Å². The number of aromatic nitrogens is 1. The Bertz CT molecular complexity index is 1030. The van der Waals surface area contributed by atoms with Crippen LogP contribution >= 0.6 is 0 Å². The Morgan fingerprint density at radius 1 is 0.667 bits per heavy atom. The number of hydrogen-bond acceptors (Lipinski definition) is 3. The molecule has 134 valence electrons. The monoisotopic (exact) mass is 353 g/mol. The molecule has 1 saturated heterocycles. The fraction of sp³-hybridized carbons (Fsp3) is 0.208. The zero-order valence-electron chi connectivity index (χ0n) is 15.4. The van der Waals surface area contributed by atoms with Crippen molar-refractivity contribution in [2.24, 2.45) is 0 Å². The molecule has 5 rings (SSSR count). The molecule has 1 aliphatic heterocycles. The van der Waals surface area contributed by atoms with E-state index in [9.17, 15) is 0 Å². The summed E-state index contributed by atoms with van der Waals surface area (Å²) in [5, 5.41) is 5.96. The predicted molar refractivity (Wildman–Crippen MR) is 115 cm³/mol. The zero-order chi connectivity index (χ0) is 18.1. The Hall–Kier alpha value is -3.07. The van der Waals surface area contributed by atoms with Crippen molar-refractivity contribution in [1.29, 1.82) is 0 Å². The smallest absolute Gasteiger partial charge is 0.0730 e. The Balaban J connectivity index is 1.53. The second-order valence-electron chi connectivity index (χ2n) is 7.24. The number of para-hydroxylation sites is 2. The van der Waals surface area contributed by atoms with Gasteiger partial charge < -0.3 is 10.2 Å². The van der Waals surface area contributed by atoms with E-state index < -0.39 is 0 Å². The summed E-state index contributed by atoms with van der Waals surface area (Å²) in [6.45, 7) is 2.35. The maximum Gasteiger partial charge on any atom is 0.0730 e. The van der Waals surface area contributed by atoms with Gasteiger partial charge in [0.2, 0.25) is 0 Å². The van der Waals surface area contributed by atoms with Crippen LogP contribution in [0, 0.1) is 0 Å². The van der Waals surface area contributed by atoms with E-state index in [-0.39, 0.29) is 0 Å². The average molecular weight is 353 g/mol. The first-order chi connectivity index (χ1) is 13.4. The van der Waals surface area contributed by atoms with Gasteiger partial charge in [-0.25, -0.2) is 4.98 Å². The number of nitrogens with zero attached hydrogens (tertiary/aromatic N) is 2. The summed E-state index contributed by atoms with van der Waals surface area (Å²) in [5.74, 6) is 0. The van der Waals surface area contributed by atoms with E-state index >= 15 is 0 Å². The molecular formula is C24H23N3. The average Bonchev–Trinajstić information content (AvgIpc) is 2.75. The number of anilines is 3. The number of nitrogens with one attached hydrogen (secondary N) is 1. The molecule has 3 heteroatoms. The molecule has 1 fully saturated rings. The first kappa shape index (κ1) is 16.1. The summed E-state index contributed by atoms with van der Waals surface area (Å²) in [7, 11) is 0. The number of rotatable bonds is 3. The molecule has 0 saturated carbocycles. The summed E-state index contributed by atoms with van der Waals surface area (Å²) in [6.07, 6.45) is 3.96. The van der Waals surface area contributed by atoms with Crippen molar-refractivity contribution >= 4 is 38.9 Å². The van der Waals surface area contributed by atoms with E-state index in [1.165, 1.54) is 38.0 Å². The van der Waals surface area contributed by atoms with Crippen molar-refractivity contribution in [1.82, 2.24) is 4.98 Å². The van der Waals surface area contributed by atoms with Gasteiger partial charge in [0.25, 0.3) is 0 Å². The highest BCUT2D eigenvalue weighted by atomic mass is 15.1. The van der Waals surface area contributed by atoms with Gasteiger partial charge in [0.05, 0.1) is 16.7 Å². The van der Waals surface area contributed by atoms with Crippen LogP contribution in [0.3, 0.4) is 0 Å². The number of benzene rings is 3. The second kappa shape index (κ2) is 6.92. The summed E-state index contributed by atoms with van der Waals surface area (Å²) >= 11 is 0. The van der Waals surface area contributed by atoms with Crippen LogP contribution in [0.1, 0.15) is 19.3 Å². The molecule has 0 aliphatic carbocycles. The molecule has 0 amide bonds. The maximum atomic E-state index is 4.81. The van der Waals surface area contributed by atoms with Gasteiger partial charge in [-0.05, 0) is 55.7 Å². The standard InChI is InChI=1S/C24H23N3/c1-6-16-27(17-7-1)19-14-12-18(13-15-19)25-24-20-8-2-4-10-22(20)26-23-11-5-3-9-21(23)24/h2-5,8-15H,1,6-7,16-17H2,(H,25,26). The van der Waals surface area contributed by atoms with Gasteiger partial charge in [0.1, 0.15) is 0 Å². The van der Waals surface area contributed by atoms with Crippen LogP contribution in [-0.4, -0.2) is 18.1 Å². The molecule has 0 radical (unpaired) electrons. The molecule has 1 aromatic heterocycles. The first-order valence-electron chi connectivity index (χ1n) is 9.78. The lowest BCUT2D eigenvalue weighted by molar-refractivity contribution is 0.578. The minimum absolute atomic E-state index is 1.02. The van der Waals surface area contributed by atoms with Gasteiger partial charge in [-0.3, -0.25) is 0 Å². The van der Waals surface area contributed by atoms with Crippen molar-refractivity contribution in [2.75, 3.05) is 23.3 Å². The van der Waals surface area contributed by atoms with Crippen LogP contribution in [0.15, 0.2) is 72.8 Å². The van der Waals surface area contributed by atoms with E-state index in [0.29, 0.717) is 0 Å².